The third-order valence-corrected chi connectivity index (χ3v) is 4.54. The maximum absolute atomic E-state index is 12.1. The second kappa shape index (κ2) is 6.23. The normalized spacial score (nSPS) is 16.6. The van der Waals surface area contributed by atoms with Crippen molar-refractivity contribution in [2.45, 2.75) is 23.7 Å². The van der Waals surface area contributed by atoms with Gasteiger partial charge in [-0.05, 0) is 30.7 Å². The molecular formula is C17H15NO3S. The van der Waals surface area contributed by atoms with Crippen molar-refractivity contribution in [3.63, 3.8) is 0 Å². The lowest BCUT2D eigenvalue weighted by Gasteiger charge is -2.21. The largest absolute Gasteiger partial charge is 0.457 e. The van der Waals surface area contributed by atoms with E-state index in [1.54, 1.807) is 12.1 Å². The molecule has 2 aromatic rings. The van der Waals surface area contributed by atoms with Gasteiger partial charge in [-0.2, -0.15) is 0 Å². The van der Waals surface area contributed by atoms with Crippen molar-refractivity contribution in [1.82, 2.24) is 0 Å². The van der Waals surface area contributed by atoms with Crippen LogP contribution in [0.25, 0.3) is 0 Å². The number of benzene rings is 2. The van der Waals surface area contributed by atoms with Gasteiger partial charge in [0, 0.05) is 4.90 Å². The molecule has 1 aliphatic heterocycles. The summed E-state index contributed by atoms with van der Waals surface area (Å²) in [7, 11) is 0. The molecule has 1 aliphatic rings. The first-order valence-electron chi connectivity index (χ1n) is 6.96. The molecule has 5 heteroatoms. The lowest BCUT2D eigenvalue weighted by Crippen LogP contribution is -2.26. The Hall–Kier alpha value is -2.27. The zero-order valence-corrected chi connectivity index (χ0v) is 12.9. The summed E-state index contributed by atoms with van der Waals surface area (Å²) in [4.78, 5) is 24.8. The quantitative estimate of drug-likeness (QED) is 0.882. The summed E-state index contributed by atoms with van der Waals surface area (Å²) >= 11 is 1.49. The van der Waals surface area contributed by atoms with Crippen LogP contribution >= 0.6 is 11.8 Å². The number of carbonyl (C=O) groups excluding carboxylic acids is 2. The van der Waals surface area contributed by atoms with Gasteiger partial charge in [-0.3, -0.25) is 4.79 Å². The first kappa shape index (κ1) is 14.7. The number of amides is 1. The summed E-state index contributed by atoms with van der Waals surface area (Å²) < 4.78 is 5.29. The monoisotopic (exact) mass is 313 g/mol. The second-order valence-corrected chi connectivity index (χ2v) is 6.40. The Balaban J connectivity index is 1.71. The van der Waals surface area contributed by atoms with Crippen LogP contribution in [0.3, 0.4) is 0 Å². The lowest BCUT2D eigenvalue weighted by atomic mass is 10.2. The standard InChI is InChI=1S/C17H15NO3S/c1-11-16(19)18-14-9-13(7-8-15(14)22-11)17(20)21-10-12-5-3-2-4-6-12/h2-9,11H,10H2,1H3,(H,18,19). The predicted molar refractivity (Wildman–Crippen MR) is 86.0 cm³/mol. The van der Waals surface area contributed by atoms with Crippen molar-refractivity contribution in [2.24, 2.45) is 0 Å². The van der Waals surface area contributed by atoms with Crippen LogP contribution in [-0.4, -0.2) is 17.1 Å². The summed E-state index contributed by atoms with van der Waals surface area (Å²) in [6.45, 7) is 2.08. The first-order chi connectivity index (χ1) is 10.6. The Morgan fingerprint density at radius 3 is 2.77 bits per heavy atom. The number of hydrogen-bond acceptors (Lipinski definition) is 4. The Morgan fingerprint density at radius 2 is 2.00 bits per heavy atom. The molecule has 1 N–H and O–H groups in total. The van der Waals surface area contributed by atoms with E-state index in [0.29, 0.717) is 11.3 Å². The molecule has 22 heavy (non-hydrogen) atoms. The van der Waals surface area contributed by atoms with Crippen molar-refractivity contribution >= 4 is 29.3 Å². The molecule has 0 saturated heterocycles. The smallest absolute Gasteiger partial charge is 0.338 e. The van der Waals surface area contributed by atoms with E-state index in [0.717, 1.165) is 10.5 Å². The fourth-order valence-corrected chi connectivity index (χ4v) is 3.07. The molecule has 0 spiro atoms. The van der Waals surface area contributed by atoms with Crippen LogP contribution in [0.15, 0.2) is 53.4 Å². The molecule has 2 aromatic carbocycles. The van der Waals surface area contributed by atoms with Gasteiger partial charge < -0.3 is 10.1 Å². The van der Waals surface area contributed by atoms with Gasteiger partial charge in [0.1, 0.15) is 6.61 Å². The minimum Gasteiger partial charge on any atom is -0.457 e. The number of fused-ring (bicyclic) bond motifs is 1. The van der Waals surface area contributed by atoms with Crippen molar-refractivity contribution < 1.29 is 14.3 Å². The van der Waals surface area contributed by atoms with Crippen LogP contribution in [0.4, 0.5) is 5.69 Å². The van der Waals surface area contributed by atoms with Gasteiger partial charge in [0.2, 0.25) is 5.91 Å². The maximum atomic E-state index is 12.1. The van der Waals surface area contributed by atoms with Gasteiger partial charge in [0.25, 0.3) is 0 Å². The number of nitrogens with one attached hydrogen (secondary N) is 1. The Bertz CT molecular complexity index is 715. The second-order valence-electron chi connectivity index (χ2n) is 5.02. The van der Waals surface area contributed by atoms with E-state index in [9.17, 15) is 9.59 Å². The van der Waals surface area contributed by atoms with Crippen molar-refractivity contribution in [3.8, 4) is 0 Å². The van der Waals surface area contributed by atoms with Crippen LogP contribution in [0.2, 0.25) is 0 Å². The molecule has 0 radical (unpaired) electrons. The molecule has 3 rings (SSSR count). The average Bonchev–Trinajstić information content (AvgIpc) is 2.54. The van der Waals surface area contributed by atoms with Gasteiger partial charge in [-0.25, -0.2) is 4.79 Å². The highest BCUT2D eigenvalue weighted by Gasteiger charge is 2.23. The summed E-state index contributed by atoms with van der Waals surface area (Å²) in [5.41, 5.74) is 2.04. The maximum Gasteiger partial charge on any atom is 0.338 e. The number of carbonyl (C=O) groups is 2. The molecule has 0 saturated carbocycles. The lowest BCUT2D eigenvalue weighted by molar-refractivity contribution is -0.115. The third kappa shape index (κ3) is 3.14. The van der Waals surface area contributed by atoms with Crippen molar-refractivity contribution in [3.05, 3.63) is 59.7 Å². The van der Waals surface area contributed by atoms with Crippen LogP contribution in [0.1, 0.15) is 22.8 Å². The Kier molecular flexibility index (Phi) is 4.15. The SMILES string of the molecule is CC1Sc2ccc(C(=O)OCc3ccccc3)cc2NC1=O. The van der Waals surface area contributed by atoms with Crippen LogP contribution in [0.5, 0.6) is 0 Å². The van der Waals surface area contributed by atoms with Crippen molar-refractivity contribution in [2.75, 3.05) is 5.32 Å². The number of hydrogen-bond donors (Lipinski definition) is 1. The van der Waals surface area contributed by atoms with Gasteiger partial charge in [-0.1, -0.05) is 30.3 Å². The van der Waals surface area contributed by atoms with Gasteiger partial charge in [0.15, 0.2) is 0 Å². The summed E-state index contributed by atoms with van der Waals surface area (Å²) in [5.74, 6) is -0.447. The van der Waals surface area contributed by atoms with Crippen molar-refractivity contribution in [1.29, 1.82) is 0 Å². The van der Waals surface area contributed by atoms with E-state index in [2.05, 4.69) is 5.32 Å². The molecule has 0 aromatic heterocycles. The average molecular weight is 313 g/mol. The number of rotatable bonds is 3. The molecule has 112 valence electrons. The minimum absolute atomic E-state index is 0.0488. The van der Waals surface area contributed by atoms with Gasteiger partial charge in [0.05, 0.1) is 16.5 Å². The third-order valence-electron chi connectivity index (χ3n) is 3.36. The molecule has 1 unspecified atom stereocenters. The number of esters is 1. The Morgan fingerprint density at radius 1 is 1.23 bits per heavy atom. The number of thioether (sulfide) groups is 1. The van der Waals surface area contributed by atoms with Gasteiger partial charge >= 0.3 is 5.97 Å². The molecule has 1 amide bonds. The molecule has 0 aliphatic carbocycles. The molecule has 1 atom stereocenters. The zero-order valence-electron chi connectivity index (χ0n) is 12.0. The van der Waals surface area contributed by atoms with E-state index in [1.807, 2.05) is 43.3 Å². The minimum atomic E-state index is -0.399. The fraction of sp³-hybridized carbons (Fsp3) is 0.176. The first-order valence-corrected chi connectivity index (χ1v) is 7.84. The summed E-state index contributed by atoms with van der Waals surface area (Å²) in [5, 5.41) is 2.69. The zero-order chi connectivity index (χ0) is 15.5. The number of ether oxygens (including phenoxy) is 1. The summed E-state index contributed by atoms with van der Waals surface area (Å²) in [6.07, 6.45) is 0. The Labute approximate surface area is 132 Å². The molecule has 0 fully saturated rings. The van der Waals surface area contributed by atoms with Crippen LogP contribution in [-0.2, 0) is 16.1 Å². The van der Waals surface area contributed by atoms with E-state index >= 15 is 0 Å². The molecule has 4 nitrogen and oxygen atoms in total. The molecular weight excluding hydrogens is 298 g/mol. The van der Waals surface area contributed by atoms with E-state index < -0.39 is 5.97 Å². The molecule has 0 bridgehead atoms. The highest BCUT2D eigenvalue weighted by molar-refractivity contribution is 8.00. The van der Waals surface area contributed by atoms with E-state index in [-0.39, 0.29) is 17.8 Å². The summed E-state index contributed by atoms with van der Waals surface area (Å²) in [6, 6.07) is 14.7. The topological polar surface area (TPSA) is 55.4 Å². The van der Waals surface area contributed by atoms with Gasteiger partial charge in [-0.15, -0.1) is 11.8 Å². The number of anilines is 1. The highest BCUT2D eigenvalue weighted by atomic mass is 32.2. The fourth-order valence-electron chi connectivity index (χ4n) is 2.14. The predicted octanol–water partition coefficient (Wildman–Crippen LogP) is 3.48. The van der Waals surface area contributed by atoms with E-state index in [1.165, 1.54) is 11.8 Å². The highest BCUT2D eigenvalue weighted by Crippen LogP contribution is 2.36. The van der Waals surface area contributed by atoms with E-state index in [4.69, 9.17) is 4.74 Å². The molecule has 1 heterocycles. The van der Waals surface area contributed by atoms with Crippen LogP contribution < -0.4 is 5.32 Å². The van der Waals surface area contributed by atoms with Crippen LogP contribution in [0, 0.1) is 0 Å².